The molecule has 28 nitrogen and oxygen atoms in total. The number of fused-ring (bicyclic) bond motifs is 14. The molecule has 0 fully saturated rings. The molecule has 15 N–H and O–H groups in total. The molecule has 6 aliphatic rings. The number of carbonyl (C=O) groups is 8. The number of unbranched alkanes of at least 4 members (excludes halogenated alkanes) is 1. The van der Waals surface area contributed by atoms with E-state index in [1.54, 1.807) is 30.3 Å². The highest BCUT2D eigenvalue weighted by atomic mass is 35.5. The summed E-state index contributed by atoms with van der Waals surface area (Å²) in [5, 5.41) is 87.2. The van der Waals surface area contributed by atoms with Crippen molar-refractivity contribution in [3.05, 3.63) is 200 Å². The van der Waals surface area contributed by atoms with Crippen LogP contribution in [-0.4, -0.2) is 110 Å². The fraction of sp³-hybridized carbons (Fsp3) is 0.211. The molecule has 101 heavy (non-hydrogen) atoms. The Morgan fingerprint density at radius 3 is 1.88 bits per heavy atom. The van der Waals surface area contributed by atoms with Crippen molar-refractivity contribution in [2.24, 2.45) is 5.73 Å². The molecule has 7 amide bonds. The first-order valence-corrected chi connectivity index (χ1v) is 32.0. The van der Waals surface area contributed by atoms with Crippen LogP contribution in [0, 0.1) is 0 Å². The number of ether oxygens (including phenoxy) is 6. The van der Waals surface area contributed by atoms with E-state index in [2.05, 4.69) is 37.2 Å². The third kappa shape index (κ3) is 14.9. The van der Waals surface area contributed by atoms with Crippen LogP contribution in [0.3, 0.4) is 0 Å². The predicted octanol–water partition coefficient (Wildman–Crippen LogP) is 7.45. The van der Waals surface area contributed by atoms with Crippen LogP contribution in [0.4, 0.5) is 4.79 Å². The summed E-state index contributed by atoms with van der Waals surface area (Å²) in [7, 11) is 0.971. The highest BCUT2D eigenvalue weighted by Crippen LogP contribution is 2.49. The quantitative estimate of drug-likeness (QED) is 0.0492. The second-order valence-corrected chi connectivity index (χ2v) is 24.6. The lowest BCUT2D eigenvalue weighted by molar-refractivity contribution is -0.146. The number of esters is 1. The molecule has 0 aliphatic carbocycles. The van der Waals surface area contributed by atoms with Gasteiger partial charge in [-0.05, 0) is 137 Å². The summed E-state index contributed by atoms with van der Waals surface area (Å²) in [5.74, 6) is -13.2. The maximum Gasteiger partial charge on any atom is 0.408 e. The Morgan fingerprint density at radius 2 is 1.19 bits per heavy atom. The lowest BCUT2D eigenvalue weighted by Gasteiger charge is -2.31. The van der Waals surface area contributed by atoms with Crippen LogP contribution in [0.5, 0.6) is 69.0 Å². The number of nitrogens with two attached hydrogens (primary N) is 1. The second kappa shape index (κ2) is 29.2. The standard InChI is InChI=1S/C71H62Cl2N8O20/c1-96-70(94)60-43-29-40(83)30-49(86)55(43)42-23-34(10-13-47(42)84)56-66(90)80-61(69(93)79-60)62(87)36-12-16-51(45(73)24-36)101-54-27-38-26-53(63(54)97-18-6-5-17-74)100-50-15-9-33(19-44(50)72)20-46-64(88)76-58(67(91)78-59(38)68(92)77-56)37-21-39(82)28-41(22-37)99-52-25-35(11-14-48(52)85)57(65(89)75-46)81-71(95)98-31-32-7-3-2-4-8-32/h2-4,7-16,19,21-30,46,56-62,82-87H,5-6,17-18,20,31,74H2,1H3,(H,75,89)(H,76,88)(H,77,92)(H,78,91)(H,79,93)(H,80,90)(H,81,95)/t46-,56-,57+,58+,59-,60+,61+,62-/m1/s1. The van der Waals surface area contributed by atoms with Gasteiger partial charge in [0.1, 0.15) is 89.2 Å². The molecule has 0 saturated heterocycles. The molecule has 520 valence electrons. The van der Waals surface area contributed by atoms with Crippen molar-refractivity contribution in [1.82, 2.24) is 37.2 Å². The second-order valence-electron chi connectivity index (χ2n) is 23.8. The Kier molecular flexibility index (Phi) is 19.9. The van der Waals surface area contributed by atoms with E-state index in [1.165, 1.54) is 72.8 Å². The molecule has 17 bridgehead atoms. The number of alkyl carbamates (subject to hydrolysis) is 1. The van der Waals surface area contributed by atoms with E-state index in [-0.39, 0.29) is 115 Å². The van der Waals surface area contributed by atoms with Crippen LogP contribution in [0.1, 0.15) is 93.7 Å². The fourth-order valence-electron chi connectivity index (χ4n) is 11.9. The minimum absolute atomic E-state index is 0.00458. The first-order valence-electron chi connectivity index (χ1n) is 31.2. The third-order valence-corrected chi connectivity index (χ3v) is 17.5. The molecule has 8 aromatic rings. The molecule has 14 rings (SSSR count). The van der Waals surface area contributed by atoms with Gasteiger partial charge >= 0.3 is 12.1 Å². The Bertz CT molecular complexity index is 4660. The molecular weight excluding hydrogens is 1360 g/mol. The Labute approximate surface area is 583 Å². The number of rotatable bonds is 9. The zero-order valence-corrected chi connectivity index (χ0v) is 54.5. The Hall–Kier alpha value is -12.0. The van der Waals surface area contributed by atoms with E-state index >= 15 is 24.0 Å². The van der Waals surface area contributed by atoms with Gasteiger partial charge in [-0.25, -0.2) is 9.59 Å². The van der Waals surface area contributed by atoms with Crippen molar-refractivity contribution in [2.45, 2.75) is 74.3 Å². The SMILES string of the molecule is COC(=O)[C@H]1NC(=O)[C@H]2NC(=O)[C@H](NC(=O)[C@@H]3NC(=O)[C@H]4NC(=O)[C@@H](Cc5ccc(c(Cl)c5)Oc5cc3cc(c5OCCCCN)Oc3ccc(cc3Cl)[C@H]2O)NC(=O)[C@@H](NC(=O)OCc2ccccc2)c2ccc(O)c(c2)Oc2cc(O)cc4c2)c2ccc(O)c(c2)-c2c(O)cc(O)cc21. The summed E-state index contributed by atoms with van der Waals surface area (Å²) in [5.41, 5.74) is 4.74. The minimum atomic E-state index is -2.17. The van der Waals surface area contributed by atoms with Crippen LogP contribution in [0.25, 0.3) is 11.1 Å². The van der Waals surface area contributed by atoms with Crippen molar-refractivity contribution in [1.29, 1.82) is 0 Å². The van der Waals surface area contributed by atoms with Crippen molar-refractivity contribution in [2.75, 3.05) is 20.3 Å². The van der Waals surface area contributed by atoms with Crippen LogP contribution in [0.15, 0.2) is 146 Å². The first-order chi connectivity index (χ1) is 48.5. The lowest BCUT2D eigenvalue weighted by Crippen LogP contribution is -2.55. The van der Waals surface area contributed by atoms with Crippen molar-refractivity contribution >= 4 is 70.7 Å². The molecule has 6 aliphatic heterocycles. The Morgan fingerprint density at radius 1 is 0.564 bits per heavy atom. The van der Waals surface area contributed by atoms with Gasteiger partial charge in [0.15, 0.2) is 29.0 Å². The number of aliphatic hydroxyl groups is 1. The number of hydrogen-bond acceptors (Lipinski definition) is 21. The molecule has 6 heterocycles. The predicted molar refractivity (Wildman–Crippen MR) is 357 cm³/mol. The number of carbonyl (C=O) groups excluding carboxylic acids is 8. The maximum absolute atomic E-state index is 16.2. The van der Waals surface area contributed by atoms with E-state index in [0.29, 0.717) is 18.4 Å². The van der Waals surface area contributed by atoms with Gasteiger partial charge < -0.3 is 102 Å². The maximum atomic E-state index is 16.2. The topological polar surface area (TPSA) is 424 Å². The Balaban J connectivity index is 1.06. The first kappa shape index (κ1) is 68.9. The lowest BCUT2D eigenvalue weighted by atomic mass is 9.89. The number of amides is 7. The molecule has 0 spiro atoms. The summed E-state index contributed by atoms with van der Waals surface area (Å²) in [6.45, 7) is -0.0165. The zero-order valence-electron chi connectivity index (χ0n) is 52.9. The molecule has 0 radical (unpaired) electrons. The fourth-order valence-corrected chi connectivity index (χ4v) is 12.4. The largest absolute Gasteiger partial charge is 0.508 e. The summed E-state index contributed by atoms with van der Waals surface area (Å²) >= 11 is 14.2. The number of phenolic OH excluding ortho intramolecular Hbond substituents is 5. The van der Waals surface area contributed by atoms with Gasteiger partial charge in [0.25, 0.3) is 0 Å². The number of methoxy groups -OCH3 is 1. The normalized spacial score (nSPS) is 20.2. The smallest absolute Gasteiger partial charge is 0.408 e. The highest BCUT2D eigenvalue weighted by molar-refractivity contribution is 6.32. The van der Waals surface area contributed by atoms with Gasteiger partial charge in [0.05, 0.1) is 23.8 Å². The van der Waals surface area contributed by atoms with E-state index < -0.39 is 137 Å². The molecule has 0 saturated carbocycles. The summed E-state index contributed by atoms with van der Waals surface area (Å²) in [6.07, 6.45) is -2.77. The number of benzene rings is 8. The zero-order chi connectivity index (χ0) is 71.5. The molecule has 30 heteroatoms. The van der Waals surface area contributed by atoms with Crippen molar-refractivity contribution < 1.29 is 97.4 Å². The van der Waals surface area contributed by atoms with Crippen LogP contribution in [0.2, 0.25) is 10.0 Å². The molecule has 0 aromatic heterocycles. The van der Waals surface area contributed by atoms with Gasteiger partial charge in [-0.1, -0.05) is 77.8 Å². The minimum Gasteiger partial charge on any atom is -0.508 e. The van der Waals surface area contributed by atoms with Crippen LogP contribution < -0.4 is 61.9 Å². The van der Waals surface area contributed by atoms with Gasteiger partial charge in [-0.2, -0.15) is 0 Å². The number of halogens is 2. The number of aromatic hydroxyl groups is 5. The van der Waals surface area contributed by atoms with Crippen LogP contribution >= 0.6 is 23.2 Å². The van der Waals surface area contributed by atoms with Gasteiger partial charge in [-0.3, -0.25) is 28.8 Å². The summed E-state index contributed by atoms with van der Waals surface area (Å²) < 4.78 is 36.4. The number of hydrogen-bond donors (Lipinski definition) is 14. The molecule has 8 atom stereocenters. The van der Waals surface area contributed by atoms with Crippen molar-refractivity contribution in [3.63, 3.8) is 0 Å². The molecule has 0 unspecified atom stereocenters. The van der Waals surface area contributed by atoms with Gasteiger partial charge in [0.2, 0.25) is 41.2 Å². The van der Waals surface area contributed by atoms with E-state index in [9.17, 15) is 45.0 Å². The van der Waals surface area contributed by atoms with E-state index in [0.717, 1.165) is 49.6 Å². The number of aliphatic hydroxyl groups excluding tert-OH is 1. The van der Waals surface area contributed by atoms with Crippen LogP contribution in [-0.2, 0) is 56.1 Å². The number of phenols is 5. The van der Waals surface area contributed by atoms with E-state index in [4.69, 9.17) is 57.4 Å². The average molecular weight is 1420 g/mol. The third-order valence-electron chi connectivity index (χ3n) is 16.9. The number of nitrogens with one attached hydrogen (secondary N) is 7. The monoisotopic (exact) mass is 1420 g/mol. The summed E-state index contributed by atoms with van der Waals surface area (Å²) in [6, 6.07) is 17.6. The van der Waals surface area contributed by atoms with Gasteiger partial charge in [-0.15, -0.1) is 0 Å². The van der Waals surface area contributed by atoms with Crippen molar-refractivity contribution in [3.8, 4) is 80.1 Å². The molecule has 8 aromatic carbocycles. The van der Waals surface area contributed by atoms with Gasteiger partial charge in [0, 0.05) is 35.2 Å². The highest BCUT2D eigenvalue weighted by Gasteiger charge is 2.42. The molecular formula is C71H62Cl2N8O20. The average Bonchev–Trinajstić information content (AvgIpc) is 0.778. The van der Waals surface area contributed by atoms with E-state index in [1.807, 2.05) is 0 Å². The summed E-state index contributed by atoms with van der Waals surface area (Å²) in [4.78, 5) is 121.